The van der Waals surface area contributed by atoms with Crippen molar-refractivity contribution in [3.63, 3.8) is 0 Å². The van der Waals surface area contributed by atoms with Gasteiger partial charge in [0.1, 0.15) is 7.85 Å². The van der Waals surface area contributed by atoms with Gasteiger partial charge < -0.3 is 15.5 Å². The summed E-state index contributed by atoms with van der Waals surface area (Å²) in [6.45, 7) is 1.75. The number of nitrogens with zero attached hydrogens (tertiary/aromatic N) is 3. The number of rotatable bonds is 7. The van der Waals surface area contributed by atoms with E-state index in [2.05, 4.69) is 20.6 Å². The van der Waals surface area contributed by atoms with Crippen LogP contribution in [0.15, 0.2) is 79.0 Å². The topological polar surface area (TPSA) is 79.3 Å². The molecule has 210 valence electrons. The largest absolute Gasteiger partial charge is 0.416 e. The van der Waals surface area contributed by atoms with Crippen molar-refractivity contribution in [1.29, 1.82) is 0 Å². The van der Waals surface area contributed by atoms with E-state index < -0.39 is 17.6 Å². The first kappa shape index (κ1) is 28.0. The zero-order chi connectivity index (χ0) is 29.0. The molecule has 4 aromatic rings. The molecule has 0 aliphatic carbocycles. The molecule has 0 unspecified atom stereocenters. The summed E-state index contributed by atoms with van der Waals surface area (Å²) >= 11 is 0. The molecular formula is C30H29BF3N5O2. The van der Waals surface area contributed by atoms with Crippen LogP contribution in [-0.4, -0.2) is 42.5 Å². The van der Waals surface area contributed by atoms with Gasteiger partial charge in [-0.3, -0.25) is 9.59 Å². The van der Waals surface area contributed by atoms with Crippen LogP contribution in [0.2, 0.25) is 0 Å². The summed E-state index contributed by atoms with van der Waals surface area (Å²) in [5, 5.41) is 9.87. The first-order valence-corrected chi connectivity index (χ1v) is 13.6. The summed E-state index contributed by atoms with van der Waals surface area (Å²) in [6, 6.07) is 18.9. The van der Waals surface area contributed by atoms with Crippen LogP contribution in [0.3, 0.4) is 0 Å². The Balaban J connectivity index is 1.41. The summed E-state index contributed by atoms with van der Waals surface area (Å²) in [6.07, 6.45) is 1.04. The number of alkyl halides is 3. The molecule has 2 N–H and O–H groups in total. The van der Waals surface area contributed by atoms with Gasteiger partial charge in [0.05, 0.1) is 22.5 Å². The number of amides is 2. The van der Waals surface area contributed by atoms with Crippen molar-refractivity contribution in [2.45, 2.75) is 31.8 Å². The Morgan fingerprint density at radius 3 is 2.39 bits per heavy atom. The molecule has 1 fully saturated rings. The lowest BCUT2D eigenvalue weighted by molar-refractivity contribution is -0.137. The molecule has 41 heavy (non-hydrogen) atoms. The Bertz CT molecular complexity index is 1560. The van der Waals surface area contributed by atoms with Gasteiger partial charge in [-0.25, -0.2) is 4.68 Å². The third-order valence-electron chi connectivity index (χ3n) is 7.08. The van der Waals surface area contributed by atoms with E-state index in [1.165, 1.54) is 29.1 Å². The van der Waals surface area contributed by atoms with Crippen LogP contribution in [-0.2, 0) is 12.5 Å². The molecule has 0 bridgehead atoms. The number of piperidine rings is 1. The number of anilines is 3. The van der Waals surface area contributed by atoms with Gasteiger partial charge in [-0.15, -0.1) is 0 Å². The lowest BCUT2D eigenvalue weighted by atomic mass is 9.95. The van der Waals surface area contributed by atoms with E-state index >= 15 is 0 Å². The molecule has 2 heterocycles. The zero-order valence-corrected chi connectivity index (χ0v) is 22.5. The zero-order valence-electron chi connectivity index (χ0n) is 22.5. The van der Waals surface area contributed by atoms with Gasteiger partial charge in [-0.05, 0) is 67.8 Å². The molecular weight excluding hydrogens is 530 g/mol. The van der Waals surface area contributed by atoms with Crippen LogP contribution >= 0.6 is 0 Å². The molecule has 3 aromatic carbocycles. The van der Waals surface area contributed by atoms with E-state index in [9.17, 15) is 22.8 Å². The predicted octanol–water partition coefficient (Wildman–Crippen LogP) is 5.52. The van der Waals surface area contributed by atoms with Gasteiger partial charge in [-0.2, -0.15) is 18.3 Å². The minimum absolute atomic E-state index is 0.156. The molecule has 2 amide bonds. The standard InChI is InChI=1S/C30H29BF3N5O2/c31-19-20-6-4-7-21(16-20)28(40)35-26-11-10-23(38-13-2-1-3-14-38)18-25(26)29(41)36-27-12-15-39(37-27)24-9-5-8-22(17-24)30(32,33)34/h4-12,15-18H,1-3,13-14,19,31H2,(H,35,40)(H,36,37,41). The molecule has 11 heteroatoms. The lowest BCUT2D eigenvalue weighted by Gasteiger charge is -2.29. The number of hydrogen-bond acceptors (Lipinski definition) is 4. The summed E-state index contributed by atoms with van der Waals surface area (Å²) in [5.74, 6) is -0.687. The van der Waals surface area contributed by atoms with E-state index in [1.54, 1.807) is 18.2 Å². The normalized spacial score (nSPS) is 13.6. The van der Waals surface area contributed by atoms with Crippen molar-refractivity contribution in [2.75, 3.05) is 28.6 Å². The second-order valence-electron chi connectivity index (χ2n) is 9.93. The van der Waals surface area contributed by atoms with Crippen molar-refractivity contribution in [1.82, 2.24) is 9.78 Å². The third kappa shape index (κ3) is 6.62. The molecule has 1 saturated heterocycles. The maximum Gasteiger partial charge on any atom is 0.416 e. The SMILES string of the molecule is BCc1cccc(C(=O)Nc2ccc(N3CCCCC3)cc2C(=O)Nc2ccn(-c3cccc(C(F)(F)F)c3)n2)c1. The van der Waals surface area contributed by atoms with Crippen LogP contribution in [0, 0.1) is 0 Å². The van der Waals surface area contributed by atoms with Crippen molar-refractivity contribution < 1.29 is 22.8 Å². The van der Waals surface area contributed by atoms with Crippen LogP contribution in [0.4, 0.5) is 30.4 Å². The van der Waals surface area contributed by atoms with Gasteiger partial charge in [0.25, 0.3) is 11.8 Å². The van der Waals surface area contributed by atoms with Crippen LogP contribution in [0.25, 0.3) is 5.69 Å². The molecule has 7 nitrogen and oxygen atoms in total. The van der Waals surface area contributed by atoms with Crippen molar-refractivity contribution in [3.05, 3.63) is 101 Å². The highest BCUT2D eigenvalue weighted by Crippen LogP contribution is 2.31. The minimum Gasteiger partial charge on any atom is -0.372 e. The predicted molar refractivity (Wildman–Crippen MR) is 156 cm³/mol. The highest BCUT2D eigenvalue weighted by atomic mass is 19.4. The summed E-state index contributed by atoms with van der Waals surface area (Å²) in [7, 11) is 2.01. The Morgan fingerprint density at radius 2 is 1.63 bits per heavy atom. The number of carbonyl (C=O) groups excluding carboxylic acids is 2. The van der Waals surface area contributed by atoms with Gasteiger partial charge in [0.15, 0.2) is 5.82 Å². The molecule has 0 atom stereocenters. The van der Waals surface area contributed by atoms with Gasteiger partial charge in [-0.1, -0.05) is 30.1 Å². The molecule has 1 aromatic heterocycles. The minimum atomic E-state index is -4.49. The van der Waals surface area contributed by atoms with E-state index in [0.717, 1.165) is 62.1 Å². The monoisotopic (exact) mass is 559 g/mol. The second kappa shape index (κ2) is 11.9. The number of benzene rings is 3. The molecule has 1 aliphatic rings. The van der Waals surface area contributed by atoms with E-state index in [-0.39, 0.29) is 23.0 Å². The van der Waals surface area contributed by atoms with E-state index in [0.29, 0.717) is 11.3 Å². The Kier molecular flexibility index (Phi) is 8.14. The maximum atomic E-state index is 13.5. The highest BCUT2D eigenvalue weighted by Gasteiger charge is 2.30. The fraction of sp³-hybridized carbons (Fsp3) is 0.233. The Labute approximate surface area is 236 Å². The Morgan fingerprint density at radius 1 is 0.854 bits per heavy atom. The third-order valence-corrected chi connectivity index (χ3v) is 7.08. The highest BCUT2D eigenvalue weighted by molar-refractivity contribution is 6.13. The maximum absolute atomic E-state index is 13.5. The fourth-order valence-corrected chi connectivity index (χ4v) is 4.85. The smallest absolute Gasteiger partial charge is 0.372 e. The quantitative estimate of drug-likeness (QED) is 0.293. The van der Waals surface area contributed by atoms with Crippen LogP contribution in [0.5, 0.6) is 0 Å². The molecule has 0 spiro atoms. The first-order chi connectivity index (χ1) is 19.7. The number of nitrogens with one attached hydrogen (secondary N) is 2. The van der Waals surface area contributed by atoms with Crippen LogP contribution < -0.4 is 15.5 Å². The molecule has 5 rings (SSSR count). The van der Waals surface area contributed by atoms with E-state index in [1.807, 2.05) is 32.1 Å². The average molecular weight is 559 g/mol. The number of carbonyl (C=O) groups is 2. The van der Waals surface area contributed by atoms with E-state index in [4.69, 9.17) is 0 Å². The molecule has 0 radical (unpaired) electrons. The average Bonchev–Trinajstić information content (AvgIpc) is 3.46. The second-order valence-corrected chi connectivity index (χ2v) is 9.93. The summed E-state index contributed by atoms with van der Waals surface area (Å²) < 4.78 is 40.8. The lowest BCUT2D eigenvalue weighted by Crippen LogP contribution is -2.29. The number of halogens is 3. The number of aromatic nitrogens is 2. The molecule has 0 saturated carbocycles. The summed E-state index contributed by atoms with van der Waals surface area (Å²) in [4.78, 5) is 28.9. The van der Waals surface area contributed by atoms with Crippen LogP contribution in [0.1, 0.15) is 51.1 Å². The fourth-order valence-electron chi connectivity index (χ4n) is 4.85. The molecule has 1 aliphatic heterocycles. The van der Waals surface area contributed by atoms with Gasteiger partial charge in [0.2, 0.25) is 0 Å². The van der Waals surface area contributed by atoms with Gasteiger partial charge in [0, 0.05) is 36.6 Å². The Hall–Kier alpha value is -4.54. The van der Waals surface area contributed by atoms with Crippen molar-refractivity contribution >= 4 is 36.9 Å². The number of hydrogen-bond donors (Lipinski definition) is 2. The summed E-state index contributed by atoms with van der Waals surface area (Å²) in [5.41, 5.74) is 2.37. The first-order valence-electron chi connectivity index (χ1n) is 13.6. The van der Waals surface area contributed by atoms with Crippen molar-refractivity contribution in [3.8, 4) is 5.69 Å². The van der Waals surface area contributed by atoms with Crippen molar-refractivity contribution in [2.24, 2.45) is 0 Å². The van der Waals surface area contributed by atoms with Gasteiger partial charge >= 0.3 is 6.18 Å².